The van der Waals surface area contributed by atoms with Gasteiger partial charge in [0.1, 0.15) is 5.56 Å². The third kappa shape index (κ3) is 1.63. The van der Waals surface area contributed by atoms with Crippen molar-refractivity contribution in [2.24, 2.45) is 0 Å². The maximum absolute atomic E-state index is 11.5. The number of nitrogens with one attached hydrogen (secondary N) is 1. The average Bonchev–Trinajstić information content (AvgIpc) is 2.15. The summed E-state index contributed by atoms with van der Waals surface area (Å²) in [6.45, 7) is 3.34. The topological polar surface area (TPSA) is 57.2 Å². The summed E-state index contributed by atoms with van der Waals surface area (Å²) in [6, 6.07) is 5.37. The van der Waals surface area contributed by atoms with Crippen LogP contribution in [0.2, 0.25) is 5.02 Å². The van der Waals surface area contributed by atoms with Gasteiger partial charge in [0.25, 0.3) is 0 Å². The molecule has 0 bridgehead atoms. The van der Waals surface area contributed by atoms with Crippen LogP contribution < -0.4 is 10.7 Å². The number of carbonyl (C=O) groups excluding carboxylic acids is 1. The minimum Gasteiger partial charge on any atom is -0.397 e. The van der Waals surface area contributed by atoms with Crippen LogP contribution in [0.5, 0.6) is 0 Å². The van der Waals surface area contributed by atoms with E-state index in [1.807, 2.05) is 13.0 Å². The van der Waals surface area contributed by atoms with E-state index in [4.69, 9.17) is 17.3 Å². The SMILES string of the molecule is CC(=O)c1c(C)[nH+]c2cc(Cl)ccc2c1N. The van der Waals surface area contributed by atoms with Crippen molar-refractivity contribution in [1.82, 2.24) is 0 Å². The van der Waals surface area contributed by atoms with Crippen molar-refractivity contribution >= 4 is 34.0 Å². The fourth-order valence-corrected chi connectivity index (χ4v) is 2.08. The van der Waals surface area contributed by atoms with E-state index < -0.39 is 0 Å². The van der Waals surface area contributed by atoms with Crippen molar-refractivity contribution in [2.45, 2.75) is 13.8 Å². The highest BCUT2D eigenvalue weighted by molar-refractivity contribution is 6.31. The highest BCUT2D eigenvalue weighted by atomic mass is 35.5. The van der Waals surface area contributed by atoms with Crippen LogP contribution in [0.25, 0.3) is 10.9 Å². The second-order valence-electron chi connectivity index (χ2n) is 3.78. The monoisotopic (exact) mass is 235 g/mol. The van der Waals surface area contributed by atoms with Crippen molar-refractivity contribution in [3.63, 3.8) is 0 Å². The summed E-state index contributed by atoms with van der Waals surface area (Å²) < 4.78 is 0. The molecule has 16 heavy (non-hydrogen) atoms. The summed E-state index contributed by atoms with van der Waals surface area (Å²) in [5.74, 6) is -0.0388. The zero-order valence-corrected chi connectivity index (χ0v) is 9.85. The summed E-state index contributed by atoms with van der Waals surface area (Å²) in [4.78, 5) is 14.6. The molecule has 0 saturated heterocycles. The first-order valence-corrected chi connectivity index (χ1v) is 5.30. The highest BCUT2D eigenvalue weighted by Gasteiger charge is 2.18. The number of nitrogens with two attached hydrogens (primary N) is 1. The molecule has 0 atom stereocenters. The first-order chi connectivity index (χ1) is 7.50. The Morgan fingerprint density at radius 1 is 1.44 bits per heavy atom. The van der Waals surface area contributed by atoms with Crippen molar-refractivity contribution in [1.29, 1.82) is 0 Å². The zero-order valence-electron chi connectivity index (χ0n) is 9.10. The fourth-order valence-electron chi connectivity index (χ4n) is 1.91. The summed E-state index contributed by atoms with van der Waals surface area (Å²) >= 11 is 5.90. The fraction of sp³-hybridized carbons (Fsp3) is 0.167. The number of halogens is 1. The van der Waals surface area contributed by atoms with E-state index in [1.54, 1.807) is 12.1 Å². The molecule has 0 amide bonds. The maximum atomic E-state index is 11.5. The zero-order chi connectivity index (χ0) is 11.9. The number of anilines is 1. The number of Topliss-reactive ketones (excluding diaryl/α,β-unsaturated/α-hetero) is 1. The number of ketones is 1. The Kier molecular flexibility index (Phi) is 2.56. The summed E-state index contributed by atoms with van der Waals surface area (Å²) in [7, 11) is 0. The molecule has 1 heterocycles. The molecule has 0 aliphatic rings. The van der Waals surface area contributed by atoms with Gasteiger partial charge in [0.2, 0.25) is 5.52 Å². The number of aromatic amines is 1. The van der Waals surface area contributed by atoms with Gasteiger partial charge < -0.3 is 5.73 Å². The van der Waals surface area contributed by atoms with Gasteiger partial charge in [-0.05, 0) is 19.1 Å². The largest absolute Gasteiger partial charge is 0.397 e. The van der Waals surface area contributed by atoms with Gasteiger partial charge >= 0.3 is 0 Å². The van der Waals surface area contributed by atoms with Gasteiger partial charge in [-0.2, -0.15) is 0 Å². The molecule has 1 aromatic carbocycles. The van der Waals surface area contributed by atoms with Gasteiger partial charge in [-0.1, -0.05) is 11.6 Å². The average molecular weight is 236 g/mol. The van der Waals surface area contributed by atoms with Crippen LogP contribution in [0.15, 0.2) is 18.2 Å². The third-order valence-corrected chi connectivity index (χ3v) is 2.83. The smallest absolute Gasteiger partial charge is 0.214 e. The number of aryl methyl sites for hydroxylation is 1. The van der Waals surface area contributed by atoms with E-state index in [0.29, 0.717) is 16.3 Å². The maximum Gasteiger partial charge on any atom is 0.214 e. The van der Waals surface area contributed by atoms with Gasteiger partial charge in [-0.3, -0.25) is 4.79 Å². The molecular formula is C12H12ClN2O+. The number of nitrogen functional groups attached to an aromatic ring is 1. The Hall–Kier alpha value is -1.61. The van der Waals surface area contributed by atoms with E-state index in [0.717, 1.165) is 16.6 Å². The molecule has 2 rings (SSSR count). The molecule has 0 radical (unpaired) electrons. The lowest BCUT2D eigenvalue weighted by molar-refractivity contribution is -0.354. The number of hydrogen-bond donors (Lipinski definition) is 1. The predicted octanol–water partition coefficient (Wildman–Crippen LogP) is 2.40. The molecule has 82 valence electrons. The van der Waals surface area contributed by atoms with Crippen LogP contribution in [0.3, 0.4) is 0 Å². The van der Waals surface area contributed by atoms with Crippen LogP contribution in [-0.2, 0) is 0 Å². The molecule has 4 heteroatoms. The van der Waals surface area contributed by atoms with E-state index in [2.05, 4.69) is 4.98 Å². The molecule has 0 unspecified atom stereocenters. The number of H-pyrrole nitrogens is 1. The van der Waals surface area contributed by atoms with Gasteiger partial charge in [-0.25, -0.2) is 4.98 Å². The number of carbonyl (C=O) groups is 1. The molecule has 2 aromatic rings. The minimum atomic E-state index is -0.0388. The van der Waals surface area contributed by atoms with Crippen LogP contribution in [0, 0.1) is 6.92 Å². The number of hydrogen-bond acceptors (Lipinski definition) is 2. The molecule has 3 nitrogen and oxygen atoms in total. The van der Waals surface area contributed by atoms with E-state index in [9.17, 15) is 4.79 Å². The lowest BCUT2D eigenvalue weighted by atomic mass is 10.0. The Balaban J connectivity index is 2.89. The first-order valence-electron chi connectivity index (χ1n) is 4.92. The van der Waals surface area contributed by atoms with E-state index in [1.165, 1.54) is 6.92 Å². The lowest BCUT2D eigenvalue weighted by Gasteiger charge is -2.04. The Morgan fingerprint density at radius 3 is 2.75 bits per heavy atom. The van der Waals surface area contributed by atoms with Crippen LogP contribution in [0.1, 0.15) is 23.0 Å². The molecule has 0 saturated carbocycles. The summed E-state index contributed by atoms with van der Waals surface area (Å²) in [6.07, 6.45) is 0. The number of benzene rings is 1. The molecule has 3 N–H and O–H groups in total. The van der Waals surface area contributed by atoms with Crippen molar-refractivity contribution in [3.8, 4) is 0 Å². The first kappa shape index (κ1) is 10.9. The predicted molar refractivity (Wildman–Crippen MR) is 64.7 cm³/mol. The standard InChI is InChI=1S/C12H11ClN2O/c1-6-11(7(2)16)12(14)9-4-3-8(13)5-10(9)15-6/h3-5H,1-2H3,(H2,14,15)/p+1. The van der Waals surface area contributed by atoms with Crippen molar-refractivity contribution in [3.05, 3.63) is 34.5 Å². The molecule has 1 aromatic heterocycles. The van der Waals surface area contributed by atoms with E-state index in [-0.39, 0.29) is 5.78 Å². The van der Waals surface area contributed by atoms with Crippen LogP contribution >= 0.6 is 11.6 Å². The molecule has 0 fully saturated rings. The number of aromatic nitrogens is 1. The number of pyridine rings is 1. The number of rotatable bonds is 1. The normalized spacial score (nSPS) is 10.7. The van der Waals surface area contributed by atoms with E-state index >= 15 is 0 Å². The Labute approximate surface area is 98.2 Å². The second-order valence-corrected chi connectivity index (χ2v) is 4.22. The second kappa shape index (κ2) is 3.76. The highest BCUT2D eigenvalue weighted by Crippen LogP contribution is 2.25. The quantitative estimate of drug-likeness (QED) is 0.772. The summed E-state index contributed by atoms with van der Waals surface area (Å²) in [5, 5.41) is 1.46. The number of fused-ring (bicyclic) bond motifs is 1. The van der Waals surface area contributed by atoms with Gasteiger partial charge in [0, 0.05) is 18.0 Å². The Bertz CT molecular complexity index is 593. The molecule has 0 spiro atoms. The van der Waals surface area contributed by atoms with Gasteiger partial charge in [-0.15, -0.1) is 0 Å². The molecular weight excluding hydrogens is 224 g/mol. The van der Waals surface area contributed by atoms with Gasteiger partial charge in [0.05, 0.1) is 11.1 Å². The van der Waals surface area contributed by atoms with Crippen molar-refractivity contribution in [2.75, 3.05) is 5.73 Å². The Morgan fingerprint density at radius 2 is 2.12 bits per heavy atom. The third-order valence-electron chi connectivity index (χ3n) is 2.59. The molecule has 0 aliphatic carbocycles. The lowest BCUT2D eigenvalue weighted by Crippen LogP contribution is -2.17. The van der Waals surface area contributed by atoms with Gasteiger partial charge in [0.15, 0.2) is 11.5 Å². The molecule has 0 aliphatic heterocycles. The van der Waals surface area contributed by atoms with Crippen LogP contribution in [-0.4, -0.2) is 5.78 Å². The van der Waals surface area contributed by atoms with Crippen LogP contribution in [0.4, 0.5) is 5.69 Å². The summed E-state index contributed by atoms with van der Waals surface area (Å²) in [5.41, 5.74) is 8.65. The van der Waals surface area contributed by atoms with Crippen molar-refractivity contribution < 1.29 is 9.78 Å². The minimum absolute atomic E-state index is 0.0388.